The van der Waals surface area contributed by atoms with E-state index in [9.17, 15) is 13.2 Å². The van der Waals surface area contributed by atoms with Crippen LogP contribution < -0.4 is 14.9 Å². The first-order chi connectivity index (χ1) is 13.3. The molecule has 7 heteroatoms. The second-order valence-corrected chi connectivity index (χ2v) is 8.52. The molecule has 0 aliphatic rings. The number of hydrogen-bond donors (Lipinski definition) is 3. The third kappa shape index (κ3) is 5.56. The molecule has 0 aromatic heterocycles. The van der Waals surface area contributed by atoms with Crippen LogP contribution in [0.2, 0.25) is 0 Å². The average Bonchev–Trinajstić information content (AvgIpc) is 2.68. The van der Waals surface area contributed by atoms with Gasteiger partial charge in [0, 0.05) is 5.56 Å². The first-order valence-corrected chi connectivity index (χ1v) is 11.1. The summed E-state index contributed by atoms with van der Waals surface area (Å²) in [6.45, 7) is 11.5. The van der Waals surface area contributed by atoms with Gasteiger partial charge in [0.1, 0.15) is 0 Å². The summed E-state index contributed by atoms with van der Waals surface area (Å²) >= 11 is 0. The number of amides is 1. The molecule has 0 fully saturated rings. The van der Waals surface area contributed by atoms with Gasteiger partial charge in [0.05, 0.1) is 36.8 Å². The standard InChI is InChI=1S/C21H29N3O3S/c1-5-24(6-2)15-14-22-21(25)18-10-12-19(13-11-18)28(26,27)23-20-9-7-8-16(3)17(20)4/h7-13,23H,5-6,14-15H2,1-4H3,(H,22,25)/p+1. The Bertz CT molecular complexity index is 905. The summed E-state index contributed by atoms with van der Waals surface area (Å²) in [5, 5.41) is 2.88. The lowest BCUT2D eigenvalue weighted by molar-refractivity contribution is -0.895. The molecule has 152 valence electrons. The molecular weight excluding hydrogens is 374 g/mol. The zero-order valence-electron chi connectivity index (χ0n) is 17.0. The van der Waals surface area contributed by atoms with Crippen LogP contribution in [-0.4, -0.2) is 40.5 Å². The number of quaternary nitrogens is 1. The molecule has 1 amide bonds. The Morgan fingerprint density at radius 1 is 1.00 bits per heavy atom. The van der Waals surface area contributed by atoms with Gasteiger partial charge in [-0.25, -0.2) is 8.42 Å². The van der Waals surface area contributed by atoms with Gasteiger partial charge >= 0.3 is 0 Å². The minimum absolute atomic E-state index is 0.123. The van der Waals surface area contributed by atoms with E-state index < -0.39 is 10.0 Å². The number of carbonyl (C=O) groups excluding carboxylic acids is 1. The third-order valence-corrected chi connectivity index (χ3v) is 6.42. The van der Waals surface area contributed by atoms with E-state index in [4.69, 9.17) is 0 Å². The van der Waals surface area contributed by atoms with Gasteiger partial charge in [-0.2, -0.15) is 0 Å². The third-order valence-electron chi connectivity index (χ3n) is 5.04. The van der Waals surface area contributed by atoms with Gasteiger partial charge in [0.25, 0.3) is 15.9 Å². The fourth-order valence-electron chi connectivity index (χ4n) is 2.91. The topological polar surface area (TPSA) is 79.7 Å². The second kappa shape index (κ2) is 9.71. The van der Waals surface area contributed by atoms with E-state index in [-0.39, 0.29) is 10.8 Å². The molecule has 0 heterocycles. The highest BCUT2D eigenvalue weighted by Crippen LogP contribution is 2.22. The van der Waals surface area contributed by atoms with Gasteiger partial charge in [-0.1, -0.05) is 12.1 Å². The van der Waals surface area contributed by atoms with Crippen molar-refractivity contribution in [2.75, 3.05) is 30.9 Å². The molecule has 0 unspecified atom stereocenters. The molecule has 0 aliphatic heterocycles. The molecule has 0 saturated carbocycles. The van der Waals surface area contributed by atoms with E-state index in [1.165, 1.54) is 29.2 Å². The molecule has 6 nitrogen and oxygen atoms in total. The summed E-state index contributed by atoms with van der Waals surface area (Å²) in [7, 11) is -3.72. The van der Waals surface area contributed by atoms with Gasteiger partial charge < -0.3 is 10.2 Å². The Morgan fingerprint density at radius 3 is 2.25 bits per heavy atom. The van der Waals surface area contributed by atoms with Crippen molar-refractivity contribution in [1.82, 2.24) is 5.32 Å². The number of sulfonamides is 1. The maximum absolute atomic E-state index is 12.6. The van der Waals surface area contributed by atoms with Gasteiger partial charge in [0.15, 0.2) is 0 Å². The van der Waals surface area contributed by atoms with E-state index in [2.05, 4.69) is 23.9 Å². The maximum atomic E-state index is 12.6. The summed E-state index contributed by atoms with van der Waals surface area (Å²) in [6, 6.07) is 11.5. The first kappa shape index (κ1) is 21.9. The molecular formula is C21H30N3O3S+. The van der Waals surface area contributed by atoms with Crippen molar-refractivity contribution >= 4 is 21.6 Å². The summed E-state index contributed by atoms with van der Waals surface area (Å²) in [6.07, 6.45) is 0. The SMILES string of the molecule is CC[NH+](CC)CCNC(=O)c1ccc(S(=O)(=O)Nc2cccc(C)c2C)cc1. The number of anilines is 1. The monoisotopic (exact) mass is 404 g/mol. The lowest BCUT2D eigenvalue weighted by Gasteiger charge is -2.15. The Hall–Kier alpha value is -2.38. The van der Waals surface area contributed by atoms with E-state index in [1.54, 1.807) is 6.07 Å². The van der Waals surface area contributed by atoms with Crippen molar-refractivity contribution in [3.8, 4) is 0 Å². The maximum Gasteiger partial charge on any atom is 0.261 e. The Labute approximate surface area is 168 Å². The molecule has 0 aliphatic carbocycles. The number of nitrogens with one attached hydrogen (secondary N) is 3. The highest BCUT2D eigenvalue weighted by Gasteiger charge is 2.16. The molecule has 3 N–H and O–H groups in total. The predicted molar refractivity (Wildman–Crippen MR) is 112 cm³/mol. The van der Waals surface area contributed by atoms with Gasteiger partial charge in [-0.3, -0.25) is 9.52 Å². The van der Waals surface area contributed by atoms with Crippen LogP contribution in [0, 0.1) is 13.8 Å². The smallest absolute Gasteiger partial charge is 0.261 e. The van der Waals surface area contributed by atoms with Crippen LogP contribution in [0.5, 0.6) is 0 Å². The predicted octanol–water partition coefficient (Wildman–Crippen LogP) is 1.76. The van der Waals surface area contributed by atoms with Crippen LogP contribution in [0.1, 0.15) is 35.3 Å². The Morgan fingerprint density at radius 2 is 1.64 bits per heavy atom. The number of rotatable bonds is 9. The minimum Gasteiger partial charge on any atom is -0.346 e. The molecule has 2 aromatic rings. The van der Waals surface area contributed by atoms with Crippen molar-refractivity contribution in [3.05, 3.63) is 59.2 Å². The van der Waals surface area contributed by atoms with Gasteiger partial charge in [-0.05, 0) is 69.2 Å². The number of likely N-dealkylation sites (N-methyl/N-ethyl adjacent to an activating group) is 1. The summed E-state index contributed by atoms with van der Waals surface area (Å²) in [4.78, 5) is 13.8. The molecule has 0 saturated heterocycles. The number of hydrogen-bond acceptors (Lipinski definition) is 3. The van der Waals surface area contributed by atoms with Crippen molar-refractivity contribution in [1.29, 1.82) is 0 Å². The molecule has 0 bridgehead atoms. The fraction of sp³-hybridized carbons (Fsp3) is 0.381. The van der Waals surface area contributed by atoms with Crippen LogP contribution in [0.15, 0.2) is 47.4 Å². The van der Waals surface area contributed by atoms with Crippen molar-refractivity contribution in [2.24, 2.45) is 0 Å². The highest BCUT2D eigenvalue weighted by atomic mass is 32.2. The Kier molecular flexibility index (Phi) is 7.60. The van der Waals surface area contributed by atoms with Crippen LogP contribution >= 0.6 is 0 Å². The summed E-state index contributed by atoms with van der Waals surface area (Å²) in [5.74, 6) is -0.196. The number of aryl methyl sites for hydroxylation is 1. The van der Waals surface area contributed by atoms with E-state index in [0.29, 0.717) is 17.8 Å². The average molecular weight is 405 g/mol. The molecule has 2 rings (SSSR count). The largest absolute Gasteiger partial charge is 0.346 e. The zero-order valence-corrected chi connectivity index (χ0v) is 17.8. The molecule has 0 radical (unpaired) electrons. The normalized spacial score (nSPS) is 11.5. The highest BCUT2D eigenvalue weighted by molar-refractivity contribution is 7.92. The van der Waals surface area contributed by atoms with Crippen molar-refractivity contribution in [3.63, 3.8) is 0 Å². The van der Waals surface area contributed by atoms with Gasteiger partial charge in [0.2, 0.25) is 0 Å². The fourth-order valence-corrected chi connectivity index (χ4v) is 4.03. The molecule has 2 aromatic carbocycles. The first-order valence-electron chi connectivity index (χ1n) is 9.59. The van der Waals surface area contributed by atoms with E-state index in [0.717, 1.165) is 30.8 Å². The molecule has 28 heavy (non-hydrogen) atoms. The minimum atomic E-state index is -3.72. The van der Waals surface area contributed by atoms with Crippen molar-refractivity contribution < 1.29 is 18.1 Å². The van der Waals surface area contributed by atoms with E-state index >= 15 is 0 Å². The second-order valence-electron chi connectivity index (χ2n) is 6.84. The summed E-state index contributed by atoms with van der Waals surface area (Å²) < 4.78 is 27.9. The van der Waals surface area contributed by atoms with Crippen LogP contribution in [0.3, 0.4) is 0 Å². The van der Waals surface area contributed by atoms with E-state index in [1.807, 2.05) is 26.0 Å². The molecule has 0 spiro atoms. The van der Waals surface area contributed by atoms with Crippen LogP contribution in [0.4, 0.5) is 5.69 Å². The zero-order chi connectivity index (χ0) is 20.7. The number of benzene rings is 2. The molecule has 0 atom stereocenters. The quantitative estimate of drug-likeness (QED) is 0.596. The lowest BCUT2D eigenvalue weighted by Crippen LogP contribution is -3.12. The Balaban J connectivity index is 2.04. The van der Waals surface area contributed by atoms with Crippen molar-refractivity contribution in [2.45, 2.75) is 32.6 Å². The lowest BCUT2D eigenvalue weighted by atomic mass is 10.1. The van der Waals surface area contributed by atoms with Crippen LogP contribution in [-0.2, 0) is 10.0 Å². The summed E-state index contributed by atoms with van der Waals surface area (Å²) in [5.41, 5.74) is 2.90. The van der Waals surface area contributed by atoms with Gasteiger partial charge in [-0.15, -0.1) is 0 Å². The van der Waals surface area contributed by atoms with Crippen LogP contribution in [0.25, 0.3) is 0 Å². The number of carbonyl (C=O) groups is 1.